The number of hydrogen-bond donors (Lipinski definition) is 2. The molecule has 2 amide bonds. The molecule has 0 unspecified atom stereocenters. The van der Waals surface area contributed by atoms with Crippen LogP contribution >= 0.6 is 0 Å². The monoisotopic (exact) mass is 537 g/mol. The summed E-state index contributed by atoms with van der Waals surface area (Å²) in [7, 11) is 1.53. The zero-order chi connectivity index (χ0) is 27.8. The Hall–Kier alpha value is -4.21. The van der Waals surface area contributed by atoms with Crippen molar-refractivity contribution in [2.75, 3.05) is 25.6 Å². The smallest absolute Gasteiger partial charge is 0.237 e. The number of anilines is 1. The number of amides is 2. The third-order valence-corrected chi connectivity index (χ3v) is 6.59. The molecule has 0 atom stereocenters. The molecule has 2 N–H and O–H groups in total. The average molecular weight is 538 g/mol. The van der Waals surface area contributed by atoms with Crippen LogP contribution in [0.3, 0.4) is 0 Å². The lowest BCUT2D eigenvalue weighted by atomic mass is 10.1. The van der Waals surface area contributed by atoms with E-state index in [4.69, 9.17) is 14.2 Å². The Morgan fingerprint density at radius 3 is 2.56 bits per heavy atom. The topological polar surface area (TPSA) is 116 Å². The van der Waals surface area contributed by atoms with Gasteiger partial charge in [-0.1, -0.05) is 6.92 Å². The number of methoxy groups -OCH3 is 1. The first kappa shape index (κ1) is 27.8. The van der Waals surface area contributed by atoms with Gasteiger partial charge in [-0.15, -0.1) is 0 Å². The minimum absolute atomic E-state index is 0.0357. The van der Waals surface area contributed by atoms with E-state index < -0.39 is 17.1 Å². The molecule has 1 fully saturated rings. The van der Waals surface area contributed by atoms with E-state index in [0.717, 1.165) is 25.3 Å². The predicted octanol–water partition coefficient (Wildman–Crippen LogP) is 5.17. The maximum absolute atomic E-state index is 14.9. The zero-order valence-electron chi connectivity index (χ0n) is 22.1. The number of unbranched alkanes of at least 4 members (excludes halogenated alkanes) is 2. The van der Waals surface area contributed by atoms with Gasteiger partial charge in [0.05, 0.1) is 19.2 Å². The summed E-state index contributed by atoms with van der Waals surface area (Å²) in [6.45, 7) is 2.95. The molecule has 9 nitrogen and oxygen atoms in total. The van der Waals surface area contributed by atoms with Crippen LogP contribution < -0.4 is 24.8 Å². The first-order valence-corrected chi connectivity index (χ1v) is 13.0. The second-order valence-corrected chi connectivity index (χ2v) is 9.42. The number of aromatic nitrogens is 1. The summed E-state index contributed by atoms with van der Waals surface area (Å²) in [5.74, 6) is 0.293. The van der Waals surface area contributed by atoms with E-state index in [1.54, 1.807) is 24.4 Å². The van der Waals surface area contributed by atoms with Gasteiger partial charge in [0.15, 0.2) is 23.1 Å². The number of nitrogens with one attached hydrogen (secondary N) is 2. The van der Waals surface area contributed by atoms with Gasteiger partial charge in [0.1, 0.15) is 17.5 Å². The molecule has 0 saturated heterocycles. The van der Waals surface area contributed by atoms with Crippen molar-refractivity contribution in [3.8, 4) is 23.0 Å². The Labute approximate surface area is 226 Å². The van der Waals surface area contributed by atoms with Crippen molar-refractivity contribution >= 4 is 34.7 Å². The van der Waals surface area contributed by atoms with E-state index in [0.29, 0.717) is 66.9 Å². The number of hydrogen-bond acceptors (Lipinski definition) is 7. The van der Waals surface area contributed by atoms with Gasteiger partial charge in [0, 0.05) is 42.4 Å². The van der Waals surface area contributed by atoms with E-state index in [9.17, 15) is 18.8 Å². The highest BCUT2D eigenvalue weighted by Crippen LogP contribution is 2.44. The van der Waals surface area contributed by atoms with Gasteiger partial charge in [-0.2, -0.15) is 0 Å². The Kier molecular flexibility index (Phi) is 8.96. The van der Waals surface area contributed by atoms with Crippen LogP contribution in [0.25, 0.3) is 10.9 Å². The molecule has 1 aromatic heterocycles. The number of aldehydes is 1. The highest BCUT2D eigenvalue weighted by Gasteiger charge is 2.50. The van der Waals surface area contributed by atoms with Crippen LogP contribution in [-0.2, 0) is 14.4 Å². The molecule has 2 aromatic carbocycles. The second kappa shape index (κ2) is 12.6. The number of halogens is 1. The van der Waals surface area contributed by atoms with Crippen molar-refractivity contribution in [3.05, 3.63) is 48.4 Å². The number of carbonyl (C=O) groups is 3. The standard InChI is InChI=1S/C29H32FN3O6/c1-3-27(35)32-12-5-4-6-14-38-26-17-22-20(16-25(26)37-2)23(9-13-31-22)39-24-8-7-19(15-21(24)30)33-28(36)29(18-34)10-11-29/h7-9,13,15-18H,3-6,10-12,14H2,1-2H3,(H,32,35)(H,33,36). The summed E-state index contributed by atoms with van der Waals surface area (Å²) >= 11 is 0. The molecule has 1 saturated carbocycles. The summed E-state index contributed by atoms with van der Waals surface area (Å²) in [5, 5.41) is 6.05. The fourth-order valence-electron chi connectivity index (χ4n) is 4.00. The van der Waals surface area contributed by atoms with Crippen LogP contribution in [0.2, 0.25) is 0 Å². The fourth-order valence-corrected chi connectivity index (χ4v) is 4.00. The van der Waals surface area contributed by atoms with Crippen molar-refractivity contribution in [1.29, 1.82) is 0 Å². The third kappa shape index (κ3) is 6.81. The van der Waals surface area contributed by atoms with Gasteiger partial charge in [-0.3, -0.25) is 14.6 Å². The fraction of sp³-hybridized carbons (Fsp3) is 0.379. The highest BCUT2D eigenvalue weighted by atomic mass is 19.1. The first-order chi connectivity index (χ1) is 18.9. The molecule has 0 spiro atoms. The summed E-state index contributed by atoms with van der Waals surface area (Å²) in [5.41, 5.74) is -0.165. The predicted molar refractivity (Wildman–Crippen MR) is 144 cm³/mol. The molecule has 10 heteroatoms. The summed E-state index contributed by atoms with van der Waals surface area (Å²) in [4.78, 5) is 39.1. The van der Waals surface area contributed by atoms with Crippen LogP contribution in [-0.4, -0.2) is 43.3 Å². The highest BCUT2D eigenvalue weighted by molar-refractivity contribution is 6.07. The van der Waals surface area contributed by atoms with E-state index in [1.807, 2.05) is 6.92 Å². The summed E-state index contributed by atoms with van der Waals surface area (Å²) < 4.78 is 32.2. The van der Waals surface area contributed by atoms with Gasteiger partial charge < -0.3 is 29.6 Å². The lowest BCUT2D eigenvalue weighted by Crippen LogP contribution is -2.25. The first-order valence-electron chi connectivity index (χ1n) is 13.0. The van der Waals surface area contributed by atoms with E-state index >= 15 is 0 Å². The number of ether oxygens (including phenoxy) is 3. The lowest BCUT2D eigenvalue weighted by Gasteiger charge is -2.15. The molecule has 0 aliphatic heterocycles. The summed E-state index contributed by atoms with van der Waals surface area (Å²) in [6, 6.07) is 9.19. The molecular formula is C29H32FN3O6. The van der Waals surface area contributed by atoms with Crippen LogP contribution in [0.1, 0.15) is 45.4 Å². The van der Waals surface area contributed by atoms with Crippen molar-refractivity contribution in [1.82, 2.24) is 10.3 Å². The van der Waals surface area contributed by atoms with E-state index in [-0.39, 0.29) is 17.3 Å². The summed E-state index contributed by atoms with van der Waals surface area (Å²) in [6.07, 6.45) is 6.26. The molecule has 3 aromatic rings. The van der Waals surface area contributed by atoms with E-state index in [2.05, 4.69) is 15.6 Å². The van der Waals surface area contributed by atoms with Crippen molar-refractivity contribution in [2.24, 2.45) is 5.41 Å². The Morgan fingerprint density at radius 1 is 1.05 bits per heavy atom. The molecule has 1 aliphatic rings. The van der Waals surface area contributed by atoms with Crippen molar-refractivity contribution in [2.45, 2.75) is 45.4 Å². The maximum Gasteiger partial charge on any atom is 0.237 e. The second-order valence-electron chi connectivity index (χ2n) is 9.42. The molecule has 1 aliphatic carbocycles. The van der Waals surface area contributed by atoms with E-state index in [1.165, 1.54) is 19.2 Å². The number of nitrogens with zero attached hydrogens (tertiary/aromatic N) is 1. The Morgan fingerprint density at radius 2 is 1.87 bits per heavy atom. The molecule has 4 rings (SSSR count). The number of carbonyl (C=O) groups excluding carboxylic acids is 3. The molecule has 39 heavy (non-hydrogen) atoms. The van der Waals surface area contributed by atoms with Crippen molar-refractivity contribution < 1.29 is 33.0 Å². The molecule has 0 bridgehead atoms. The quantitative estimate of drug-likeness (QED) is 0.166. The maximum atomic E-state index is 14.9. The Bertz CT molecular complexity index is 1360. The largest absolute Gasteiger partial charge is 0.493 e. The van der Waals surface area contributed by atoms with Crippen molar-refractivity contribution in [3.63, 3.8) is 0 Å². The average Bonchev–Trinajstić information content (AvgIpc) is 3.75. The lowest BCUT2D eigenvalue weighted by molar-refractivity contribution is -0.126. The number of fused-ring (bicyclic) bond motifs is 1. The van der Waals surface area contributed by atoms with Crippen LogP contribution in [0.4, 0.5) is 10.1 Å². The van der Waals surface area contributed by atoms with Gasteiger partial charge in [-0.25, -0.2) is 4.39 Å². The Balaban J connectivity index is 1.41. The number of benzene rings is 2. The number of pyridine rings is 1. The minimum atomic E-state index is -0.989. The van der Waals surface area contributed by atoms with Gasteiger partial charge in [-0.05, 0) is 56.4 Å². The molecule has 206 valence electrons. The van der Waals surface area contributed by atoms with Gasteiger partial charge >= 0.3 is 0 Å². The SMILES string of the molecule is CCC(=O)NCCCCCOc1cc2nccc(Oc3ccc(NC(=O)C4(C=O)CC4)cc3F)c2cc1OC. The molecule has 0 radical (unpaired) electrons. The minimum Gasteiger partial charge on any atom is -0.493 e. The van der Waals surface area contributed by atoms with Crippen LogP contribution in [0, 0.1) is 11.2 Å². The third-order valence-electron chi connectivity index (χ3n) is 6.59. The molecular weight excluding hydrogens is 505 g/mol. The van der Waals surface area contributed by atoms with Crippen LogP contribution in [0.15, 0.2) is 42.6 Å². The normalized spacial score (nSPS) is 13.4. The molecule has 1 heterocycles. The number of rotatable bonds is 14. The van der Waals surface area contributed by atoms with Gasteiger partial charge in [0.25, 0.3) is 0 Å². The van der Waals surface area contributed by atoms with Crippen LogP contribution in [0.5, 0.6) is 23.0 Å². The van der Waals surface area contributed by atoms with Gasteiger partial charge in [0.2, 0.25) is 11.8 Å². The zero-order valence-corrected chi connectivity index (χ0v) is 22.1.